The minimum absolute atomic E-state index is 0.792. The molecule has 3 rings (SSSR count). The molecule has 3 heteroatoms. The lowest BCUT2D eigenvalue weighted by Gasteiger charge is -1.93. The van der Waals surface area contributed by atoms with Crippen molar-refractivity contribution >= 4 is 29.0 Å². The highest BCUT2D eigenvalue weighted by molar-refractivity contribution is 7.13. The molecule has 0 saturated carbocycles. The van der Waals surface area contributed by atoms with Gasteiger partial charge >= 0.3 is 0 Å². The SMILES string of the molecule is O=Cc1cccs1.c1ccc(-c2cccs2)cc1. The lowest BCUT2D eigenvalue weighted by molar-refractivity contribution is 0.112. The second-order valence-corrected chi connectivity index (χ2v) is 5.40. The van der Waals surface area contributed by atoms with Crippen LogP contribution in [0.15, 0.2) is 65.4 Å². The topological polar surface area (TPSA) is 17.1 Å². The molecular formula is C15H12OS2. The van der Waals surface area contributed by atoms with Gasteiger partial charge in [0.25, 0.3) is 0 Å². The molecule has 0 radical (unpaired) electrons. The first-order valence-electron chi connectivity index (χ1n) is 5.48. The van der Waals surface area contributed by atoms with Crippen molar-refractivity contribution in [1.29, 1.82) is 0 Å². The number of hydrogen-bond donors (Lipinski definition) is 0. The maximum absolute atomic E-state index is 9.88. The molecule has 0 atom stereocenters. The van der Waals surface area contributed by atoms with Gasteiger partial charge in [0.1, 0.15) is 0 Å². The molecule has 0 N–H and O–H groups in total. The standard InChI is InChI=1S/C10H8S.C5H4OS/c1-2-5-9(6-3-1)10-7-4-8-11-10;6-4-5-2-1-3-7-5/h1-8H;1-4H. The highest BCUT2D eigenvalue weighted by Gasteiger charge is 1.94. The third-order valence-electron chi connectivity index (χ3n) is 2.24. The quantitative estimate of drug-likeness (QED) is 0.602. The minimum Gasteiger partial charge on any atom is -0.297 e. The zero-order chi connectivity index (χ0) is 12.6. The second-order valence-electron chi connectivity index (χ2n) is 3.48. The molecule has 0 fully saturated rings. The Morgan fingerprint density at radius 2 is 1.50 bits per heavy atom. The summed E-state index contributed by atoms with van der Waals surface area (Å²) < 4.78 is 0. The van der Waals surface area contributed by atoms with Gasteiger partial charge in [-0.25, -0.2) is 0 Å². The van der Waals surface area contributed by atoms with Gasteiger partial charge in [-0.3, -0.25) is 4.79 Å². The molecule has 0 aliphatic rings. The van der Waals surface area contributed by atoms with Crippen molar-refractivity contribution in [3.05, 3.63) is 70.2 Å². The van der Waals surface area contributed by atoms with E-state index in [4.69, 9.17) is 0 Å². The van der Waals surface area contributed by atoms with E-state index in [1.165, 1.54) is 21.8 Å². The van der Waals surface area contributed by atoms with Crippen LogP contribution in [0.4, 0.5) is 0 Å². The van der Waals surface area contributed by atoms with Crippen molar-refractivity contribution < 1.29 is 4.79 Å². The Kier molecular flexibility index (Phi) is 4.88. The first-order valence-corrected chi connectivity index (χ1v) is 7.23. The van der Waals surface area contributed by atoms with Gasteiger partial charge in [0.05, 0.1) is 4.88 Å². The third kappa shape index (κ3) is 3.65. The van der Waals surface area contributed by atoms with Crippen molar-refractivity contribution in [3.8, 4) is 10.4 Å². The van der Waals surface area contributed by atoms with Gasteiger partial charge in [-0.1, -0.05) is 42.5 Å². The molecule has 0 aliphatic heterocycles. The zero-order valence-electron chi connectivity index (χ0n) is 9.65. The molecule has 0 saturated heterocycles. The van der Waals surface area contributed by atoms with E-state index in [1.54, 1.807) is 17.4 Å². The molecule has 1 nitrogen and oxygen atoms in total. The Labute approximate surface area is 114 Å². The summed E-state index contributed by atoms with van der Waals surface area (Å²) in [5.74, 6) is 0. The van der Waals surface area contributed by atoms with Crippen LogP contribution < -0.4 is 0 Å². The molecule has 0 unspecified atom stereocenters. The smallest absolute Gasteiger partial charge is 0.159 e. The fraction of sp³-hybridized carbons (Fsp3) is 0. The van der Waals surface area contributed by atoms with E-state index in [9.17, 15) is 4.79 Å². The normalized spacial score (nSPS) is 9.33. The number of carbonyl (C=O) groups excluding carboxylic acids is 1. The van der Waals surface area contributed by atoms with Gasteiger partial charge in [-0.05, 0) is 28.5 Å². The summed E-state index contributed by atoms with van der Waals surface area (Å²) in [6, 6.07) is 18.3. The molecular weight excluding hydrogens is 260 g/mol. The average molecular weight is 272 g/mol. The van der Waals surface area contributed by atoms with E-state index < -0.39 is 0 Å². The van der Waals surface area contributed by atoms with Crippen LogP contribution in [0.1, 0.15) is 9.67 Å². The largest absolute Gasteiger partial charge is 0.297 e. The maximum Gasteiger partial charge on any atom is 0.159 e. The van der Waals surface area contributed by atoms with Gasteiger partial charge < -0.3 is 0 Å². The Bertz CT molecular complexity index is 554. The lowest BCUT2D eigenvalue weighted by atomic mass is 10.2. The first kappa shape index (κ1) is 12.7. The molecule has 90 valence electrons. The van der Waals surface area contributed by atoms with Crippen molar-refractivity contribution in [2.45, 2.75) is 0 Å². The molecule has 2 aromatic heterocycles. The van der Waals surface area contributed by atoms with Crippen molar-refractivity contribution in [2.75, 3.05) is 0 Å². The van der Waals surface area contributed by atoms with Crippen molar-refractivity contribution in [2.24, 2.45) is 0 Å². The minimum atomic E-state index is 0.792. The molecule has 0 aliphatic carbocycles. The highest BCUT2D eigenvalue weighted by atomic mass is 32.1. The third-order valence-corrected chi connectivity index (χ3v) is 3.96. The maximum atomic E-state index is 9.88. The zero-order valence-corrected chi connectivity index (χ0v) is 11.3. The van der Waals surface area contributed by atoms with Crippen molar-refractivity contribution in [1.82, 2.24) is 0 Å². The summed E-state index contributed by atoms with van der Waals surface area (Å²) in [5.41, 5.74) is 1.31. The molecule has 0 spiro atoms. The van der Waals surface area contributed by atoms with Crippen LogP contribution in [-0.2, 0) is 0 Å². The van der Waals surface area contributed by atoms with E-state index in [-0.39, 0.29) is 0 Å². The number of hydrogen-bond acceptors (Lipinski definition) is 3. The fourth-order valence-electron chi connectivity index (χ4n) is 1.40. The number of thiophene rings is 2. The lowest BCUT2D eigenvalue weighted by Crippen LogP contribution is -1.67. The second kappa shape index (κ2) is 6.89. The van der Waals surface area contributed by atoms with Crippen LogP contribution in [-0.4, -0.2) is 6.29 Å². The monoisotopic (exact) mass is 272 g/mol. The van der Waals surface area contributed by atoms with E-state index in [2.05, 4.69) is 41.8 Å². The van der Waals surface area contributed by atoms with Crippen LogP contribution in [0.25, 0.3) is 10.4 Å². The highest BCUT2D eigenvalue weighted by Crippen LogP contribution is 2.23. The number of benzene rings is 1. The van der Waals surface area contributed by atoms with E-state index in [0.29, 0.717) is 0 Å². The van der Waals surface area contributed by atoms with Gasteiger partial charge in [-0.2, -0.15) is 0 Å². The van der Waals surface area contributed by atoms with Crippen LogP contribution >= 0.6 is 22.7 Å². The van der Waals surface area contributed by atoms with E-state index in [1.807, 2.05) is 17.5 Å². The summed E-state index contributed by atoms with van der Waals surface area (Å²) in [5, 5.41) is 3.98. The van der Waals surface area contributed by atoms with Gasteiger partial charge in [0.15, 0.2) is 6.29 Å². The average Bonchev–Trinajstić information content (AvgIpc) is 3.14. The summed E-state index contributed by atoms with van der Waals surface area (Å²) in [7, 11) is 0. The van der Waals surface area contributed by atoms with Gasteiger partial charge in [0, 0.05) is 4.88 Å². The summed E-state index contributed by atoms with van der Waals surface area (Å²) in [6.07, 6.45) is 0.852. The fourth-order valence-corrected chi connectivity index (χ4v) is 2.66. The Hall–Kier alpha value is -1.71. The molecule has 0 bridgehead atoms. The number of aldehydes is 1. The molecule has 1 aromatic carbocycles. The summed E-state index contributed by atoms with van der Waals surface area (Å²) in [4.78, 5) is 12.0. The summed E-state index contributed by atoms with van der Waals surface area (Å²) in [6.45, 7) is 0. The predicted molar refractivity (Wildman–Crippen MR) is 79.5 cm³/mol. The first-order chi connectivity index (χ1) is 8.90. The van der Waals surface area contributed by atoms with Crippen LogP contribution in [0.5, 0.6) is 0 Å². The molecule has 18 heavy (non-hydrogen) atoms. The Morgan fingerprint density at radius 3 is 2.00 bits per heavy atom. The summed E-state index contributed by atoms with van der Waals surface area (Å²) >= 11 is 3.23. The molecule has 2 heterocycles. The molecule has 0 amide bonds. The predicted octanol–water partition coefficient (Wildman–Crippen LogP) is 4.98. The Balaban J connectivity index is 0.000000149. The van der Waals surface area contributed by atoms with E-state index in [0.717, 1.165) is 11.2 Å². The number of rotatable bonds is 2. The number of carbonyl (C=O) groups is 1. The van der Waals surface area contributed by atoms with E-state index >= 15 is 0 Å². The van der Waals surface area contributed by atoms with Crippen LogP contribution in [0, 0.1) is 0 Å². The van der Waals surface area contributed by atoms with Crippen molar-refractivity contribution in [3.63, 3.8) is 0 Å². The molecule has 3 aromatic rings. The Morgan fingerprint density at radius 1 is 0.778 bits per heavy atom. The van der Waals surface area contributed by atoms with Crippen LogP contribution in [0.3, 0.4) is 0 Å². The van der Waals surface area contributed by atoms with Crippen LogP contribution in [0.2, 0.25) is 0 Å². The van der Waals surface area contributed by atoms with Gasteiger partial charge in [0.2, 0.25) is 0 Å². The van der Waals surface area contributed by atoms with Gasteiger partial charge in [-0.15, -0.1) is 22.7 Å².